The van der Waals surface area contributed by atoms with Crippen molar-refractivity contribution < 1.29 is 9.59 Å². The summed E-state index contributed by atoms with van der Waals surface area (Å²) in [5.41, 5.74) is 6.09. The lowest BCUT2D eigenvalue weighted by atomic mass is 9.93. The fourth-order valence-electron chi connectivity index (χ4n) is 3.98. The molecule has 0 spiro atoms. The van der Waals surface area contributed by atoms with Gasteiger partial charge in [0.1, 0.15) is 0 Å². The summed E-state index contributed by atoms with van der Waals surface area (Å²) >= 11 is 4.84. The molecule has 3 rings (SSSR count). The van der Waals surface area contributed by atoms with Gasteiger partial charge in [-0.05, 0) is 43.6 Å². The highest BCUT2D eigenvalue weighted by Crippen LogP contribution is 2.28. The van der Waals surface area contributed by atoms with E-state index >= 15 is 0 Å². The highest BCUT2D eigenvalue weighted by atomic mass is 32.1. The van der Waals surface area contributed by atoms with Gasteiger partial charge in [0.15, 0.2) is 5.11 Å². The highest BCUT2D eigenvalue weighted by Gasteiger charge is 2.37. The molecule has 1 saturated carbocycles. The molecule has 2 fully saturated rings. The molecule has 0 radical (unpaired) electrons. The van der Waals surface area contributed by atoms with Gasteiger partial charge in [0, 0.05) is 31.5 Å². The average Bonchev–Trinajstić information content (AvgIpc) is 3.12. The molecule has 1 atom stereocenters. The number of aromatic nitrogens is 1. The molecule has 140 valence electrons. The molecule has 3 amide bonds. The molecule has 26 heavy (non-hydrogen) atoms. The average molecular weight is 375 g/mol. The van der Waals surface area contributed by atoms with Crippen LogP contribution in [0.5, 0.6) is 0 Å². The van der Waals surface area contributed by atoms with Crippen LogP contribution in [0, 0.1) is 0 Å². The maximum absolute atomic E-state index is 12.7. The number of hydrogen-bond acceptors (Lipinski definition) is 4. The number of carbonyl (C=O) groups is 2. The van der Waals surface area contributed by atoms with Crippen LogP contribution >= 0.6 is 12.2 Å². The molecule has 1 aromatic rings. The van der Waals surface area contributed by atoms with Crippen molar-refractivity contribution >= 4 is 29.3 Å². The maximum Gasteiger partial charge on any atom is 0.324 e. The van der Waals surface area contributed by atoms with E-state index in [0.29, 0.717) is 18.7 Å². The van der Waals surface area contributed by atoms with Crippen LogP contribution in [0.4, 0.5) is 4.79 Å². The SMILES string of the molecule is NC(=S)NC(=O)N(C1CCCCC1)C1CCN(C(=O)c2cccnc2)C1. The molecule has 7 nitrogen and oxygen atoms in total. The van der Waals surface area contributed by atoms with E-state index < -0.39 is 0 Å². The van der Waals surface area contributed by atoms with Gasteiger partial charge < -0.3 is 15.5 Å². The predicted molar refractivity (Wildman–Crippen MR) is 103 cm³/mol. The number of pyridine rings is 1. The zero-order chi connectivity index (χ0) is 18.5. The molecule has 0 aromatic carbocycles. The summed E-state index contributed by atoms with van der Waals surface area (Å²) in [6.07, 6.45) is 9.39. The third-order valence-electron chi connectivity index (χ3n) is 5.19. The zero-order valence-corrected chi connectivity index (χ0v) is 15.6. The van der Waals surface area contributed by atoms with Crippen molar-refractivity contribution in [3.63, 3.8) is 0 Å². The monoisotopic (exact) mass is 375 g/mol. The molecule has 1 aliphatic heterocycles. The summed E-state index contributed by atoms with van der Waals surface area (Å²) in [6.45, 7) is 1.15. The summed E-state index contributed by atoms with van der Waals surface area (Å²) in [7, 11) is 0. The lowest BCUT2D eigenvalue weighted by Crippen LogP contribution is -2.55. The number of likely N-dealkylation sites (tertiary alicyclic amines) is 1. The van der Waals surface area contributed by atoms with Crippen LogP contribution in [0.15, 0.2) is 24.5 Å². The Hall–Kier alpha value is -2.22. The third kappa shape index (κ3) is 4.30. The Bertz CT molecular complexity index is 663. The minimum atomic E-state index is -0.245. The van der Waals surface area contributed by atoms with Crippen molar-refractivity contribution in [2.75, 3.05) is 13.1 Å². The molecular formula is C18H25N5O2S. The highest BCUT2D eigenvalue weighted by molar-refractivity contribution is 7.80. The topological polar surface area (TPSA) is 91.6 Å². The summed E-state index contributed by atoms with van der Waals surface area (Å²) < 4.78 is 0. The van der Waals surface area contributed by atoms with Gasteiger partial charge in [-0.25, -0.2) is 4.79 Å². The Morgan fingerprint density at radius 2 is 2.00 bits per heavy atom. The summed E-state index contributed by atoms with van der Waals surface area (Å²) in [6, 6.07) is 3.43. The standard InChI is InChI=1S/C18H25N5O2S/c19-17(26)21-18(25)23(14-6-2-1-3-7-14)15-8-10-22(12-15)16(24)13-5-4-9-20-11-13/h4-5,9,11,14-15H,1-3,6-8,10,12H2,(H3,19,21,25,26). The van der Waals surface area contributed by atoms with Gasteiger partial charge in [-0.3, -0.25) is 15.1 Å². The van der Waals surface area contributed by atoms with Gasteiger partial charge in [0.2, 0.25) is 0 Å². The maximum atomic E-state index is 12.7. The Labute approximate surface area is 158 Å². The Kier molecular flexibility index (Phi) is 6.03. The minimum Gasteiger partial charge on any atom is -0.376 e. The van der Waals surface area contributed by atoms with E-state index in [1.54, 1.807) is 29.4 Å². The first kappa shape index (κ1) is 18.6. The van der Waals surface area contributed by atoms with E-state index in [2.05, 4.69) is 10.3 Å². The first-order chi connectivity index (χ1) is 12.6. The summed E-state index contributed by atoms with van der Waals surface area (Å²) in [5, 5.41) is 2.56. The van der Waals surface area contributed by atoms with Crippen LogP contribution in [0.1, 0.15) is 48.9 Å². The van der Waals surface area contributed by atoms with Crippen LogP contribution in [-0.4, -0.2) is 57.0 Å². The van der Waals surface area contributed by atoms with Gasteiger partial charge in [-0.1, -0.05) is 19.3 Å². The summed E-state index contributed by atoms with van der Waals surface area (Å²) in [4.78, 5) is 33.1. The molecule has 1 aliphatic carbocycles. The van der Waals surface area contributed by atoms with Crippen molar-refractivity contribution in [3.8, 4) is 0 Å². The van der Waals surface area contributed by atoms with E-state index in [1.807, 2.05) is 4.90 Å². The number of nitrogens with zero attached hydrogens (tertiary/aromatic N) is 3. The quantitative estimate of drug-likeness (QED) is 0.787. The first-order valence-corrected chi connectivity index (χ1v) is 9.55. The Morgan fingerprint density at radius 3 is 2.65 bits per heavy atom. The fraction of sp³-hybridized carbons (Fsp3) is 0.556. The second-order valence-corrected chi connectivity index (χ2v) is 7.37. The summed E-state index contributed by atoms with van der Waals surface area (Å²) in [5.74, 6) is -0.0426. The molecule has 1 saturated heterocycles. The van der Waals surface area contributed by atoms with Crippen molar-refractivity contribution in [2.24, 2.45) is 5.73 Å². The predicted octanol–water partition coefficient (Wildman–Crippen LogP) is 1.88. The second kappa shape index (κ2) is 8.44. The molecule has 2 aliphatic rings. The number of nitrogens with two attached hydrogens (primary N) is 1. The molecule has 8 heteroatoms. The van der Waals surface area contributed by atoms with E-state index in [0.717, 1.165) is 32.1 Å². The lowest BCUT2D eigenvalue weighted by molar-refractivity contribution is 0.0765. The number of thiocarbonyl (C=S) groups is 1. The minimum absolute atomic E-state index is 0.0166. The fourth-order valence-corrected chi connectivity index (χ4v) is 4.07. The van der Waals surface area contributed by atoms with E-state index in [-0.39, 0.29) is 29.1 Å². The van der Waals surface area contributed by atoms with E-state index in [4.69, 9.17) is 18.0 Å². The van der Waals surface area contributed by atoms with Gasteiger partial charge >= 0.3 is 6.03 Å². The van der Waals surface area contributed by atoms with E-state index in [9.17, 15) is 9.59 Å². The third-order valence-corrected chi connectivity index (χ3v) is 5.29. The number of urea groups is 1. The molecule has 1 unspecified atom stereocenters. The van der Waals surface area contributed by atoms with Gasteiger partial charge in [-0.15, -0.1) is 0 Å². The van der Waals surface area contributed by atoms with Crippen LogP contribution in [0.3, 0.4) is 0 Å². The number of nitrogens with one attached hydrogen (secondary N) is 1. The van der Waals surface area contributed by atoms with E-state index in [1.165, 1.54) is 6.42 Å². The van der Waals surface area contributed by atoms with Crippen molar-refractivity contribution in [3.05, 3.63) is 30.1 Å². The molecule has 3 N–H and O–H groups in total. The first-order valence-electron chi connectivity index (χ1n) is 9.14. The van der Waals surface area contributed by atoms with Crippen LogP contribution in [0.25, 0.3) is 0 Å². The van der Waals surface area contributed by atoms with Crippen molar-refractivity contribution in [1.82, 2.24) is 20.1 Å². The molecule has 1 aromatic heterocycles. The molecule has 0 bridgehead atoms. The second-order valence-electron chi connectivity index (χ2n) is 6.93. The van der Waals surface area contributed by atoms with Gasteiger partial charge in [0.05, 0.1) is 11.6 Å². The normalized spacial score (nSPS) is 20.6. The Morgan fingerprint density at radius 1 is 1.23 bits per heavy atom. The smallest absolute Gasteiger partial charge is 0.324 e. The van der Waals surface area contributed by atoms with Crippen molar-refractivity contribution in [1.29, 1.82) is 0 Å². The van der Waals surface area contributed by atoms with Gasteiger partial charge in [-0.2, -0.15) is 0 Å². The molecule has 2 heterocycles. The lowest BCUT2D eigenvalue weighted by Gasteiger charge is -2.38. The number of rotatable bonds is 3. The molecular weight excluding hydrogens is 350 g/mol. The zero-order valence-electron chi connectivity index (χ0n) is 14.8. The number of amides is 3. The van der Waals surface area contributed by atoms with Crippen molar-refractivity contribution in [2.45, 2.75) is 50.6 Å². The van der Waals surface area contributed by atoms with Crippen LogP contribution in [0.2, 0.25) is 0 Å². The largest absolute Gasteiger partial charge is 0.376 e. The van der Waals surface area contributed by atoms with Crippen LogP contribution < -0.4 is 11.1 Å². The number of carbonyl (C=O) groups excluding carboxylic acids is 2. The van der Waals surface area contributed by atoms with Crippen LogP contribution in [-0.2, 0) is 0 Å². The number of hydrogen-bond donors (Lipinski definition) is 2. The Balaban J connectivity index is 1.72. The van der Waals surface area contributed by atoms with Gasteiger partial charge in [0.25, 0.3) is 5.91 Å².